The predicted molar refractivity (Wildman–Crippen MR) is 91.6 cm³/mol. The van der Waals surface area contributed by atoms with E-state index >= 15 is 0 Å². The third-order valence-corrected chi connectivity index (χ3v) is 4.30. The fourth-order valence-electron chi connectivity index (χ4n) is 2.91. The highest BCUT2D eigenvalue weighted by molar-refractivity contribution is 5.77. The van der Waals surface area contributed by atoms with Gasteiger partial charge in [0.2, 0.25) is 5.91 Å². The van der Waals surface area contributed by atoms with E-state index in [0.29, 0.717) is 12.5 Å². The SMILES string of the molecule is CC[C@@H]1CN(CC=C(C)C)CCC(=O)N1Cc1ccccc1. The molecular formula is C19H28N2O. The van der Waals surface area contributed by atoms with Gasteiger partial charge in [-0.1, -0.05) is 48.9 Å². The molecule has 1 atom stereocenters. The van der Waals surface area contributed by atoms with Gasteiger partial charge in [0.05, 0.1) is 0 Å². The third-order valence-electron chi connectivity index (χ3n) is 4.30. The molecule has 0 bridgehead atoms. The molecule has 1 fully saturated rings. The van der Waals surface area contributed by atoms with Crippen LogP contribution in [0.4, 0.5) is 0 Å². The van der Waals surface area contributed by atoms with Crippen LogP contribution in [0.5, 0.6) is 0 Å². The third kappa shape index (κ3) is 4.70. The Morgan fingerprint density at radius 2 is 2.00 bits per heavy atom. The van der Waals surface area contributed by atoms with Gasteiger partial charge < -0.3 is 4.90 Å². The van der Waals surface area contributed by atoms with Crippen LogP contribution in [-0.4, -0.2) is 41.4 Å². The Morgan fingerprint density at radius 3 is 2.64 bits per heavy atom. The molecule has 0 aromatic heterocycles. The molecule has 1 aromatic carbocycles. The number of carbonyl (C=O) groups is 1. The van der Waals surface area contributed by atoms with Crippen LogP contribution in [0, 0.1) is 0 Å². The molecule has 3 heteroatoms. The van der Waals surface area contributed by atoms with Gasteiger partial charge in [0.15, 0.2) is 0 Å². The van der Waals surface area contributed by atoms with Crippen LogP contribution in [0.15, 0.2) is 42.0 Å². The second-order valence-corrected chi connectivity index (χ2v) is 6.36. The summed E-state index contributed by atoms with van der Waals surface area (Å²) >= 11 is 0. The summed E-state index contributed by atoms with van der Waals surface area (Å²) in [4.78, 5) is 17.0. The van der Waals surface area contributed by atoms with Crippen molar-refractivity contribution in [3.05, 3.63) is 47.5 Å². The topological polar surface area (TPSA) is 23.6 Å². The maximum Gasteiger partial charge on any atom is 0.224 e. The van der Waals surface area contributed by atoms with Crippen LogP contribution in [0.3, 0.4) is 0 Å². The molecule has 0 N–H and O–H groups in total. The summed E-state index contributed by atoms with van der Waals surface area (Å²) in [6.45, 7) is 9.95. The van der Waals surface area contributed by atoms with Gasteiger partial charge in [-0.15, -0.1) is 0 Å². The van der Waals surface area contributed by atoms with Crippen LogP contribution in [-0.2, 0) is 11.3 Å². The zero-order valence-corrected chi connectivity index (χ0v) is 14.1. The molecular weight excluding hydrogens is 272 g/mol. The molecule has 22 heavy (non-hydrogen) atoms. The summed E-state index contributed by atoms with van der Waals surface area (Å²) in [5.41, 5.74) is 2.55. The average molecular weight is 300 g/mol. The molecule has 120 valence electrons. The van der Waals surface area contributed by atoms with E-state index in [2.05, 4.69) is 48.8 Å². The first kappa shape index (κ1) is 16.8. The molecule has 1 aliphatic rings. The van der Waals surface area contributed by atoms with Gasteiger partial charge in [-0.2, -0.15) is 0 Å². The van der Waals surface area contributed by atoms with Crippen molar-refractivity contribution >= 4 is 5.91 Å². The van der Waals surface area contributed by atoms with E-state index in [1.165, 1.54) is 11.1 Å². The Bertz CT molecular complexity index is 505. The van der Waals surface area contributed by atoms with Crippen molar-refractivity contribution in [3.63, 3.8) is 0 Å². The largest absolute Gasteiger partial charge is 0.334 e. The van der Waals surface area contributed by atoms with E-state index in [1.54, 1.807) is 0 Å². The smallest absolute Gasteiger partial charge is 0.224 e. The monoisotopic (exact) mass is 300 g/mol. The van der Waals surface area contributed by atoms with Gasteiger partial charge in [-0.3, -0.25) is 9.69 Å². The lowest BCUT2D eigenvalue weighted by Crippen LogP contribution is -2.42. The zero-order valence-electron chi connectivity index (χ0n) is 14.1. The molecule has 1 saturated heterocycles. The molecule has 1 heterocycles. The van der Waals surface area contributed by atoms with Gasteiger partial charge in [0, 0.05) is 38.6 Å². The number of carbonyl (C=O) groups excluding carboxylic acids is 1. The Kier molecular flexibility index (Phi) is 6.20. The minimum atomic E-state index is 0.287. The highest BCUT2D eigenvalue weighted by Gasteiger charge is 2.28. The molecule has 0 saturated carbocycles. The number of rotatable bonds is 5. The second-order valence-electron chi connectivity index (χ2n) is 6.36. The van der Waals surface area contributed by atoms with Crippen molar-refractivity contribution in [1.82, 2.24) is 9.80 Å². The van der Waals surface area contributed by atoms with Crippen LogP contribution in [0.1, 0.15) is 39.2 Å². The molecule has 0 aliphatic carbocycles. The van der Waals surface area contributed by atoms with E-state index in [4.69, 9.17) is 0 Å². The lowest BCUT2D eigenvalue weighted by Gasteiger charge is -2.31. The van der Waals surface area contributed by atoms with Crippen molar-refractivity contribution < 1.29 is 4.79 Å². The normalized spacial score (nSPS) is 19.9. The predicted octanol–water partition coefficient (Wildman–Crippen LogP) is 3.47. The first-order valence-electron chi connectivity index (χ1n) is 8.29. The van der Waals surface area contributed by atoms with E-state index in [-0.39, 0.29) is 5.91 Å². The average Bonchev–Trinajstić information content (AvgIpc) is 2.67. The Morgan fingerprint density at radius 1 is 1.27 bits per heavy atom. The summed E-state index contributed by atoms with van der Waals surface area (Å²) in [5.74, 6) is 0.287. The first-order valence-corrected chi connectivity index (χ1v) is 8.29. The molecule has 1 aliphatic heterocycles. The first-order chi connectivity index (χ1) is 10.6. The summed E-state index contributed by atoms with van der Waals surface area (Å²) in [5, 5.41) is 0. The van der Waals surface area contributed by atoms with Crippen molar-refractivity contribution in [2.45, 2.75) is 46.2 Å². The van der Waals surface area contributed by atoms with Gasteiger partial charge >= 0.3 is 0 Å². The van der Waals surface area contributed by atoms with Crippen LogP contribution in [0.2, 0.25) is 0 Å². The number of allylic oxidation sites excluding steroid dienone is 1. The number of amides is 1. The van der Waals surface area contributed by atoms with Gasteiger partial charge in [-0.05, 0) is 25.8 Å². The molecule has 1 aromatic rings. The van der Waals surface area contributed by atoms with Gasteiger partial charge in [0.1, 0.15) is 0 Å². The van der Waals surface area contributed by atoms with Gasteiger partial charge in [-0.25, -0.2) is 0 Å². The highest BCUT2D eigenvalue weighted by Crippen LogP contribution is 2.17. The van der Waals surface area contributed by atoms with Crippen LogP contribution < -0.4 is 0 Å². The maximum atomic E-state index is 12.6. The molecule has 0 radical (unpaired) electrons. The minimum absolute atomic E-state index is 0.287. The number of hydrogen-bond acceptors (Lipinski definition) is 2. The van der Waals surface area contributed by atoms with Crippen LogP contribution >= 0.6 is 0 Å². The highest BCUT2D eigenvalue weighted by atomic mass is 16.2. The van der Waals surface area contributed by atoms with Gasteiger partial charge in [0.25, 0.3) is 0 Å². The Balaban J connectivity index is 2.08. The lowest BCUT2D eigenvalue weighted by atomic mass is 10.1. The van der Waals surface area contributed by atoms with E-state index < -0.39 is 0 Å². The number of hydrogen-bond donors (Lipinski definition) is 0. The standard InChI is InChI=1S/C19H28N2O/c1-4-18-15-20(12-10-16(2)3)13-11-19(22)21(18)14-17-8-6-5-7-9-17/h5-10,18H,4,11-15H2,1-3H3/t18-/m1/s1. The van der Waals surface area contributed by atoms with E-state index in [0.717, 1.165) is 32.6 Å². The molecule has 1 amide bonds. The van der Waals surface area contributed by atoms with Crippen molar-refractivity contribution in [1.29, 1.82) is 0 Å². The zero-order chi connectivity index (χ0) is 15.9. The summed E-state index contributed by atoms with van der Waals surface area (Å²) in [6, 6.07) is 10.6. The van der Waals surface area contributed by atoms with E-state index in [9.17, 15) is 4.79 Å². The van der Waals surface area contributed by atoms with Crippen molar-refractivity contribution in [2.75, 3.05) is 19.6 Å². The molecule has 2 rings (SSSR count). The Labute approximate surface area is 134 Å². The fraction of sp³-hybridized carbons (Fsp3) is 0.526. The second kappa shape index (κ2) is 8.14. The summed E-state index contributed by atoms with van der Waals surface area (Å²) in [7, 11) is 0. The Hall–Kier alpha value is -1.61. The van der Waals surface area contributed by atoms with Crippen molar-refractivity contribution in [3.8, 4) is 0 Å². The quantitative estimate of drug-likeness (QED) is 0.777. The lowest BCUT2D eigenvalue weighted by molar-refractivity contribution is -0.133. The molecule has 0 spiro atoms. The summed E-state index contributed by atoms with van der Waals surface area (Å²) in [6.07, 6.45) is 3.88. The van der Waals surface area contributed by atoms with Crippen LogP contribution in [0.25, 0.3) is 0 Å². The fourth-order valence-corrected chi connectivity index (χ4v) is 2.91. The van der Waals surface area contributed by atoms with Crippen molar-refractivity contribution in [2.24, 2.45) is 0 Å². The maximum absolute atomic E-state index is 12.6. The van der Waals surface area contributed by atoms with E-state index in [1.807, 2.05) is 18.2 Å². The number of nitrogens with zero attached hydrogens (tertiary/aromatic N) is 2. The molecule has 3 nitrogen and oxygen atoms in total. The number of benzene rings is 1. The minimum Gasteiger partial charge on any atom is -0.334 e. The summed E-state index contributed by atoms with van der Waals surface area (Å²) < 4.78 is 0. The molecule has 0 unspecified atom stereocenters.